The molecule has 2 N–H and O–H groups in total. The first-order chi connectivity index (χ1) is 17.9. The molecule has 1 aliphatic carbocycles. The third-order valence-electron chi connectivity index (χ3n) is 7.96. The highest BCUT2D eigenvalue weighted by molar-refractivity contribution is 5.89. The largest absolute Gasteiger partial charge is 0.416 e. The lowest BCUT2D eigenvalue weighted by Gasteiger charge is -2.49. The number of rotatable bonds is 5. The van der Waals surface area contributed by atoms with E-state index >= 15 is 0 Å². The lowest BCUT2D eigenvalue weighted by molar-refractivity contribution is -0.137. The second kappa shape index (κ2) is 8.73. The number of halogens is 5. The van der Waals surface area contributed by atoms with Crippen molar-refractivity contribution in [3.63, 3.8) is 0 Å². The first-order valence-corrected chi connectivity index (χ1v) is 12.7. The maximum Gasteiger partial charge on any atom is 0.416 e. The molecule has 1 unspecified atom stereocenters. The highest BCUT2D eigenvalue weighted by atomic mass is 19.4. The van der Waals surface area contributed by atoms with E-state index in [0.717, 1.165) is 25.2 Å². The molecule has 2 aliphatic heterocycles. The molecule has 1 aromatic carbocycles. The van der Waals surface area contributed by atoms with Crippen LogP contribution in [-0.2, 0) is 6.18 Å². The van der Waals surface area contributed by atoms with Crippen LogP contribution in [-0.4, -0.2) is 79.5 Å². The van der Waals surface area contributed by atoms with Crippen LogP contribution in [0.3, 0.4) is 0 Å². The number of anilines is 2. The molecule has 0 spiro atoms. The normalized spacial score (nSPS) is 23.8. The Hall–Kier alpha value is -3.06. The third-order valence-corrected chi connectivity index (χ3v) is 7.96. The van der Waals surface area contributed by atoms with Gasteiger partial charge in [-0.15, -0.1) is 0 Å². The molecule has 2 aromatic heterocycles. The lowest BCUT2D eigenvalue weighted by atomic mass is 9.88. The van der Waals surface area contributed by atoms with E-state index in [-0.39, 0.29) is 36.2 Å². The second-order valence-corrected chi connectivity index (χ2v) is 10.8. The van der Waals surface area contributed by atoms with Crippen molar-refractivity contribution in [2.24, 2.45) is 0 Å². The molecule has 1 saturated carbocycles. The average Bonchev–Trinajstić information content (AvgIpc) is 3.25. The molecule has 4 heterocycles. The van der Waals surface area contributed by atoms with Crippen molar-refractivity contribution in [3.8, 4) is 5.69 Å². The number of nitrogens with zero attached hydrogens (tertiary/aromatic N) is 6. The number of alkyl halides is 5. The van der Waals surface area contributed by atoms with E-state index in [1.807, 2.05) is 11.8 Å². The van der Waals surface area contributed by atoms with Gasteiger partial charge < -0.3 is 15.3 Å². The van der Waals surface area contributed by atoms with Crippen LogP contribution in [0, 0.1) is 0 Å². The molecule has 1 atom stereocenters. The van der Waals surface area contributed by atoms with Crippen molar-refractivity contribution >= 4 is 22.8 Å². The van der Waals surface area contributed by atoms with Crippen LogP contribution in [0.4, 0.5) is 33.7 Å². The van der Waals surface area contributed by atoms with E-state index in [0.29, 0.717) is 37.1 Å². The summed E-state index contributed by atoms with van der Waals surface area (Å²) in [6.45, 7) is 4.69. The van der Waals surface area contributed by atoms with Gasteiger partial charge in [-0.05, 0) is 44.4 Å². The summed E-state index contributed by atoms with van der Waals surface area (Å²) in [4.78, 5) is 13.3. The summed E-state index contributed by atoms with van der Waals surface area (Å²) in [6.07, 6.45) is -1.61. The predicted molar refractivity (Wildman–Crippen MR) is 131 cm³/mol. The molecule has 3 aromatic rings. The molecule has 0 radical (unpaired) electrons. The molecule has 0 amide bonds. The Kier molecular flexibility index (Phi) is 5.80. The maximum absolute atomic E-state index is 14.0. The quantitative estimate of drug-likeness (QED) is 0.475. The van der Waals surface area contributed by atoms with E-state index < -0.39 is 29.3 Å². The molecule has 8 nitrogen and oxygen atoms in total. The number of aromatic nitrogens is 4. The zero-order valence-corrected chi connectivity index (χ0v) is 20.7. The molecule has 3 aliphatic rings. The fraction of sp³-hybridized carbons (Fsp3) is 0.560. The van der Waals surface area contributed by atoms with E-state index in [9.17, 15) is 27.1 Å². The van der Waals surface area contributed by atoms with Crippen molar-refractivity contribution in [2.75, 3.05) is 36.4 Å². The van der Waals surface area contributed by atoms with Crippen molar-refractivity contribution in [1.29, 1.82) is 0 Å². The fourth-order valence-corrected chi connectivity index (χ4v) is 5.27. The smallest absolute Gasteiger partial charge is 0.390 e. The minimum Gasteiger partial charge on any atom is -0.390 e. The summed E-state index contributed by atoms with van der Waals surface area (Å²) in [5.74, 6) is -2.39. The first kappa shape index (κ1) is 25.2. The zero-order chi connectivity index (χ0) is 26.9. The summed E-state index contributed by atoms with van der Waals surface area (Å²) in [7, 11) is 0. The Bertz CT molecular complexity index is 1340. The van der Waals surface area contributed by atoms with Crippen molar-refractivity contribution in [2.45, 2.75) is 62.4 Å². The van der Waals surface area contributed by atoms with Gasteiger partial charge in [-0.3, -0.25) is 4.90 Å². The lowest BCUT2D eigenvalue weighted by Crippen LogP contribution is -2.62. The summed E-state index contributed by atoms with van der Waals surface area (Å²) in [6, 6.07) is 3.87. The molecule has 3 fully saturated rings. The summed E-state index contributed by atoms with van der Waals surface area (Å²) >= 11 is 0. The molecule has 204 valence electrons. The van der Waals surface area contributed by atoms with Crippen LogP contribution in [0.5, 0.6) is 0 Å². The molecular weight excluding hydrogens is 509 g/mol. The highest BCUT2D eigenvalue weighted by Gasteiger charge is 2.49. The van der Waals surface area contributed by atoms with Gasteiger partial charge in [0.1, 0.15) is 5.82 Å². The van der Waals surface area contributed by atoms with Crippen molar-refractivity contribution in [1.82, 2.24) is 24.6 Å². The standard InChI is InChI=1S/C25H28F5N7O/c1-23(38)7-9-35(10-8-23)17-13-36(14-17)20-18-12-31-37(16-4-2-3-15(11-16)25(28,29)30)21(18)34-22(33-20)32-19-5-6-24(19,26)27/h2-4,11-12,17,19,38H,5-10,13-14H2,1H3,(H,32,33,34). The van der Waals surface area contributed by atoms with Gasteiger partial charge in [0.05, 0.1) is 34.5 Å². The molecule has 38 heavy (non-hydrogen) atoms. The summed E-state index contributed by atoms with van der Waals surface area (Å²) in [5.41, 5.74) is -1.09. The Labute approximate surface area is 215 Å². The van der Waals surface area contributed by atoms with Gasteiger partial charge in [0.2, 0.25) is 5.95 Å². The average molecular weight is 538 g/mol. The number of benzene rings is 1. The minimum atomic E-state index is -4.53. The van der Waals surface area contributed by atoms with Crippen molar-refractivity contribution in [3.05, 3.63) is 36.0 Å². The third kappa shape index (κ3) is 4.55. The number of fused-ring (bicyclic) bond motifs is 1. The molecule has 6 rings (SSSR count). The van der Waals surface area contributed by atoms with Crippen LogP contribution in [0.2, 0.25) is 0 Å². The molecule has 13 heteroatoms. The van der Waals surface area contributed by atoms with Crippen LogP contribution >= 0.6 is 0 Å². The number of nitrogens with one attached hydrogen (secondary N) is 1. The monoisotopic (exact) mass is 537 g/mol. The summed E-state index contributed by atoms with van der Waals surface area (Å²) in [5, 5.41) is 17.8. The van der Waals surface area contributed by atoms with Gasteiger partial charge in [-0.25, -0.2) is 13.5 Å². The van der Waals surface area contributed by atoms with Gasteiger partial charge in [0.15, 0.2) is 5.65 Å². The van der Waals surface area contributed by atoms with Crippen LogP contribution < -0.4 is 10.2 Å². The van der Waals surface area contributed by atoms with Crippen LogP contribution in [0.25, 0.3) is 16.7 Å². The molecule has 0 bridgehead atoms. The number of hydrogen-bond acceptors (Lipinski definition) is 7. The van der Waals surface area contributed by atoms with Gasteiger partial charge in [0.25, 0.3) is 5.92 Å². The van der Waals surface area contributed by atoms with E-state index in [1.54, 1.807) is 0 Å². The van der Waals surface area contributed by atoms with Crippen LogP contribution in [0.1, 0.15) is 38.2 Å². The van der Waals surface area contributed by atoms with E-state index in [1.165, 1.54) is 23.0 Å². The Morgan fingerprint density at radius 2 is 1.82 bits per heavy atom. The summed E-state index contributed by atoms with van der Waals surface area (Å²) < 4.78 is 69.3. The Morgan fingerprint density at radius 3 is 2.45 bits per heavy atom. The first-order valence-electron chi connectivity index (χ1n) is 12.7. The number of piperidine rings is 1. The van der Waals surface area contributed by atoms with E-state index in [4.69, 9.17) is 0 Å². The number of likely N-dealkylation sites (tertiary alicyclic amines) is 1. The van der Waals surface area contributed by atoms with Gasteiger partial charge in [-0.2, -0.15) is 28.2 Å². The predicted octanol–water partition coefficient (Wildman–Crippen LogP) is 4.08. The van der Waals surface area contributed by atoms with Gasteiger partial charge in [0, 0.05) is 38.6 Å². The van der Waals surface area contributed by atoms with Crippen LogP contribution in [0.15, 0.2) is 30.5 Å². The molecule has 2 saturated heterocycles. The second-order valence-electron chi connectivity index (χ2n) is 10.8. The fourth-order valence-electron chi connectivity index (χ4n) is 5.27. The molecular formula is C25H28F5N7O. The highest BCUT2D eigenvalue weighted by Crippen LogP contribution is 2.40. The topological polar surface area (TPSA) is 82.3 Å². The van der Waals surface area contributed by atoms with Crippen molar-refractivity contribution < 1.29 is 27.1 Å². The number of aliphatic hydroxyl groups is 1. The minimum absolute atomic E-state index is 0.0110. The SMILES string of the molecule is CC1(O)CCN(C2CN(c3nc(NC4CCC4(F)F)nc4c3cnn4-c3cccc(C(F)(F)F)c3)C2)CC1. The maximum atomic E-state index is 14.0. The Balaban J connectivity index is 1.33. The Morgan fingerprint density at radius 1 is 1.08 bits per heavy atom. The zero-order valence-electron chi connectivity index (χ0n) is 20.7. The number of hydrogen-bond donors (Lipinski definition) is 2. The van der Waals surface area contributed by atoms with Gasteiger partial charge >= 0.3 is 6.18 Å². The van der Waals surface area contributed by atoms with Gasteiger partial charge in [-0.1, -0.05) is 6.07 Å². The van der Waals surface area contributed by atoms with E-state index in [2.05, 4.69) is 25.3 Å².